The van der Waals surface area contributed by atoms with E-state index in [1.165, 1.54) is 23.9 Å². The first-order chi connectivity index (χ1) is 16.5. The van der Waals surface area contributed by atoms with E-state index in [2.05, 4.69) is 5.32 Å². The van der Waals surface area contributed by atoms with E-state index in [1.807, 2.05) is 68.4 Å². The third-order valence-electron chi connectivity index (χ3n) is 5.47. The molecule has 6 heteroatoms. The third kappa shape index (κ3) is 7.73. The maximum Gasteiger partial charge on any atom is 0.243 e. The van der Waals surface area contributed by atoms with Crippen molar-refractivity contribution in [1.29, 1.82) is 0 Å². The van der Waals surface area contributed by atoms with Crippen LogP contribution in [0.5, 0.6) is 0 Å². The van der Waals surface area contributed by atoms with Crippen LogP contribution in [0.4, 0.5) is 4.39 Å². The van der Waals surface area contributed by atoms with Crippen molar-refractivity contribution >= 4 is 23.6 Å². The Kier molecular flexibility index (Phi) is 9.71. The van der Waals surface area contributed by atoms with Crippen LogP contribution in [-0.2, 0) is 22.6 Å². The second kappa shape index (κ2) is 12.9. The average molecular weight is 479 g/mol. The summed E-state index contributed by atoms with van der Waals surface area (Å²) in [7, 11) is 0. The van der Waals surface area contributed by atoms with Crippen LogP contribution in [0.2, 0.25) is 0 Å². The van der Waals surface area contributed by atoms with Crippen LogP contribution in [0.25, 0.3) is 0 Å². The first-order valence-electron chi connectivity index (χ1n) is 11.5. The lowest BCUT2D eigenvalue weighted by atomic mass is 10.0. The number of hydrogen-bond acceptors (Lipinski definition) is 3. The van der Waals surface area contributed by atoms with Gasteiger partial charge in [0.15, 0.2) is 0 Å². The Morgan fingerprint density at radius 3 is 2.26 bits per heavy atom. The highest BCUT2D eigenvalue weighted by Crippen LogP contribution is 2.21. The summed E-state index contributed by atoms with van der Waals surface area (Å²) in [5.74, 6) is -0.446. The molecule has 34 heavy (non-hydrogen) atoms. The predicted octanol–water partition coefficient (Wildman–Crippen LogP) is 5.39. The van der Waals surface area contributed by atoms with Gasteiger partial charge in [0, 0.05) is 24.4 Å². The summed E-state index contributed by atoms with van der Waals surface area (Å²) in [5.41, 5.74) is 2.91. The van der Waals surface area contributed by atoms with E-state index < -0.39 is 6.04 Å². The lowest BCUT2D eigenvalue weighted by Crippen LogP contribution is -2.51. The van der Waals surface area contributed by atoms with E-state index >= 15 is 0 Å². The smallest absolute Gasteiger partial charge is 0.243 e. The fourth-order valence-electron chi connectivity index (χ4n) is 3.57. The van der Waals surface area contributed by atoms with E-state index in [0.717, 1.165) is 28.0 Å². The predicted molar refractivity (Wildman–Crippen MR) is 136 cm³/mol. The number of nitrogens with zero attached hydrogens (tertiary/aromatic N) is 1. The molecule has 0 unspecified atom stereocenters. The molecule has 0 spiro atoms. The standard InChI is InChI=1S/C28H31FN2O2S/c1-3-17-30-28(33)26(18-22-7-5-4-6-8-22)31(19-23-11-13-24(29)14-12-23)27(32)20-34-25-15-9-21(2)10-16-25/h4-16,26H,3,17-20H2,1-2H3,(H,30,33)/t26-/m0/s1. The van der Waals surface area contributed by atoms with Crippen LogP contribution in [0, 0.1) is 12.7 Å². The minimum Gasteiger partial charge on any atom is -0.354 e. The molecule has 0 fully saturated rings. The summed E-state index contributed by atoms with van der Waals surface area (Å²) in [6, 6.07) is 23.1. The Hall–Kier alpha value is -3.12. The van der Waals surface area contributed by atoms with Gasteiger partial charge >= 0.3 is 0 Å². The van der Waals surface area contributed by atoms with Gasteiger partial charge in [0.2, 0.25) is 11.8 Å². The molecular weight excluding hydrogens is 447 g/mol. The van der Waals surface area contributed by atoms with Crippen LogP contribution in [0.1, 0.15) is 30.0 Å². The molecule has 0 aliphatic heterocycles. The van der Waals surface area contributed by atoms with Crippen molar-refractivity contribution in [2.24, 2.45) is 0 Å². The van der Waals surface area contributed by atoms with Crippen LogP contribution in [0.15, 0.2) is 83.8 Å². The third-order valence-corrected chi connectivity index (χ3v) is 6.47. The molecule has 3 aromatic rings. The molecule has 0 aliphatic carbocycles. The summed E-state index contributed by atoms with van der Waals surface area (Å²) in [6.45, 7) is 4.78. The first-order valence-corrected chi connectivity index (χ1v) is 12.5. The number of nitrogens with one attached hydrogen (secondary N) is 1. The van der Waals surface area contributed by atoms with E-state index in [4.69, 9.17) is 0 Å². The summed E-state index contributed by atoms with van der Waals surface area (Å²) >= 11 is 1.45. The molecule has 2 amide bonds. The maximum atomic E-state index is 13.5. The Morgan fingerprint density at radius 1 is 0.941 bits per heavy atom. The van der Waals surface area contributed by atoms with Crippen molar-refractivity contribution in [3.8, 4) is 0 Å². The van der Waals surface area contributed by atoms with Crippen LogP contribution >= 0.6 is 11.8 Å². The van der Waals surface area contributed by atoms with Crippen molar-refractivity contribution in [3.05, 3.63) is 101 Å². The molecule has 1 N–H and O–H groups in total. The second-order valence-electron chi connectivity index (χ2n) is 8.25. The monoisotopic (exact) mass is 478 g/mol. The molecule has 0 radical (unpaired) electrons. The van der Waals surface area contributed by atoms with Gasteiger partial charge in [-0.2, -0.15) is 0 Å². The molecule has 0 aliphatic rings. The van der Waals surface area contributed by atoms with Crippen molar-refractivity contribution in [2.75, 3.05) is 12.3 Å². The zero-order valence-electron chi connectivity index (χ0n) is 19.7. The topological polar surface area (TPSA) is 49.4 Å². The lowest BCUT2D eigenvalue weighted by molar-refractivity contribution is -0.139. The Morgan fingerprint density at radius 2 is 1.62 bits per heavy atom. The summed E-state index contributed by atoms with van der Waals surface area (Å²) in [6.07, 6.45) is 1.21. The molecule has 3 rings (SSSR count). The normalized spacial score (nSPS) is 11.6. The number of hydrogen-bond donors (Lipinski definition) is 1. The van der Waals surface area contributed by atoms with Crippen LogP contribution in [-0.4, -0.2) is 35.1 Å². The van der Waals surface area contributed by atoms with Gasteiger partial charge in [-0.25, -0.2) is 4.39 Å². The van der Waals surface area contributed by atoms with Crippen molar-refractivity contribution in [3.63, 3.8) is 0 Å². The van der Waals surface area contributed by atoms with Crippen molar-refractivity contribution < 1.29 is 14.0 Å². The number of carbonyl (C=O) groups excluding carboxylic acids is 2. The van der Waals surface area contributed by atoms with E-state index in [9.17, 15) is 14.0 Å². The number of amides is 2. The molecule has 0 aromatic heterocycles. The minimum atomic E-state index is -0.676. The summed E-state index contributed by atoms with van der Waals surface area (Å²) < 4.78 is 13.5. The molecule has 1 atom stereocenters. The average Bonchev–Trinajstić information content (AvgIpc) is 2.86. The lowest BCUT2D eigenvalue weighted by Gasteiger charge is -2.31. The SMILES string of the molecule is CCCNC(=O)[C@H](Cc1ccccc1)N(Cc1ccc(F)cc1)C(=O)CSc1ccc(C)cc1. The first kappa shape index (κ1) is 25.5. The fraction of sp³-hybridized carbons (Fsp3) is 0.286. The highest BCUT2D eigenvalue weighted by Gasteiger charge is 2.30. The minimum absolute atomic E-state index is 0.137. The van der Waals surface area contributed by atoms with Gasteiger partial charge in [0.05, 0.1) is 5.75 Å². The summed E-state index contributed by atoms with van der Waals surface area (Å²) in [4.78, 5) is 29.4. The van der Waals surface area contributed by atoms with E-state index in [0.29, 0.717) is 13.0 Å². The Bertz CT molecular complexity index is 1060. The largest absolute Gasteiger partial charge is 0.354 e. The van der Waals surface area contributed by atoms with Gasteiger partial charge in [-0.1, -0.05) is 67.1 Å². The van der Waals surface area contributed by atoms with Crippen LogP contribution in [0.3, 0.4) is 0 Å². The highest BCUT2D eigenvalue weighted by molar-refractivity contribution is 8.00. The molecule has 0 bridgehead atoms. The molecular formula is C28H31FN2O2S. The maximum absolute atomic E-state index is 13.5. The van der Waals surface area contributed by atoms with Gasteiger partial charge in [-0.15, -0.1) is 11.8 Å². The molecule has 0 saturated heterocycles. The molecule has 0 saturated carbocycles. The number of thioether (sulfide) groups is 1. The number of carbonyl (C=O) groups is 2. The van der Waals surface area contributed by atoms with E-state index in [-0.39, 0.29) is 29.9 Å². The molecule has 3 aromatic carbocycles. The van der Waals surface area contributed by atoms with Gasteiger partial charge in [-0.3, -0.25) is 9.59 Å². The Balaban J connectivity index is 1.87. The van der Waals surface area contributed by atoms with Crippen molar-refractivity contribution in [1.82, 2.24) is 10.2 Å². The fourth-order valence-corrected chi connectivity index (χ4v) is 4.35. The zero-order valence-corrected chi connectivity index (χ0v) is 20.5. The van der Waals surface area contributed by atoms with Crippen molar-refractivity contribution in [2.45, 2.75) is 44.2 Å². The highest BCUT2D eigenvalue weighted by atomic mass is 32.2. The second-order valence-corrected chi connectivity index (χ2v) is 9.30. The molecule has 178 valence electrons. The van der Waals surface area contributed by atoms with Gasteiger partial charge in [0.1, 0.15) is 11.9 Å². The quantitative estimate of drug-likeness (QED) is 0.376. The Labute approximate surface area is 205 Å². The zero-order chi connectivity index (χ0) is 24.3. The number of rotatable bonds is 11. The van der Waals surface area contributed by atoms with Gasteiger partial charge in [0.25, 0.3) is 0 Å². The van der Waals surface area contributed by atoms with Gasteiger partial charge in [-0.05, 0) is 48.7 Å². The number of aryl methyl sites for hydroxylation is 1. The van der Waals surface area contributed by atoms with E-state index in [1.54, 1.807) is 17.0 Å². The summed E-state index contributed by atoms with van der Waals surface area (Å²) in [5, 5.41) is 2.96. The van der Waals surface area contributed by atoms with Crippen LogP contribution < -0.4 is 5.32 Å². The molecule has 0 heterocycles. The number of halogens is 1. The molecule has 4 nitrogen and oxygen atoms in total. The van der Waals surface area contributed by atoms with Gasteiger partial charge < -0.3 is 10.2 Å². The number of benzene rings is 3.